The first-order valence-electron chi connectivity index (χ1n) is 13.4. The van der Waals surface area contributed by atoms with Crippen molar-refractivity contribution in [1.29, 1.82) is 0 Å². The SMILES string of the molecule is CC(C)N(CC(=O)Nc1nc(CC(=O)N2CCN(C/C=C/c3ccccc3)CC2)cs1)C(=O)c1ccc(Cl)cc1Cl. The molecule has 1 fully saturated rings. The molecule has 8 nitrogen and oxygen atoms in total. The summed E-state index contributed by atoms with van der Waals surface area (Å²) in [6, 6.07) is 14.6. The third-order valence-electron chi connectivity index (χ3n) is 6.69. The van der Waals surface area contributed by atoms with Crippen LogP contribution in [0.4, 0.5) is 5.13 Å². The van der Waals surface area contributed by atoms with Crippen molar-refractivity contribution in [3.63, 3.8) is 0 Å². The first-order chi connectivity index (χ1) is 19.7. The zero-order valence-corrected chi connectivity index (χ0v) is 25.4. The van der Waals surface area contributed by atoms with E-state index in [1.807, 2.05) is 36.9 Å². The van der Waals surface area contributed by atoms with Crippen LogP contribution in [0, 0.1) is 0 Å². The summed E-state index contributed by atoms with van der Waals surface area (Å²) in [7, 11) is 0. The molecule has 0 spiro atoms. The molecule has 0 unspecified atom stereocenters. The van der Waals surface area contributed by atoms with E-state index in [1.165, 1.54) is 27.9 Å². The molecule has 2 heterocycles. The molecule has 4 rings (SSSR count). The molecule has 0 bridgehead atoms. The van der Waals surface area contributed by atoms with Gasteiger partial charge in [-0.15, -0.1) is 11.3 Å². The van der Waals surface area contributed by atoms with Gasteiger partial charge in [0.2, 0.25) is 11.8 Å². The van der Waals surface area contributed by atoms with E-state index in [2.05, 4.69) is 39.5 Å². The number of amides is 3. The minimum atomic E-state index is -0.387. The van der Waals surface area contributed by atoms with Crippen LogP contribution in [0.15, 0.2) is 60.0 Å². The van der Waals surface area contributed by atoms with Crippen molar-refractivity contribution in [3.05, 3.63) is 86.9 Å². The zero-order valence-electron chi connectivity index (χ0n) is 23.1. The molecular formula is C30H33Cl2N5O3S. The van der Waals surface area contributed by atoms with Crippen LogP contribution in [-0.2, 0) is 16.0 Å². The average Bonchev–Trinajstić information content (AvgIpc) is 3.38. The quantitative estimate of drug-likeness (QED) is 0.334. The number of nitrogens with one attached hydrogen (secondary N) is 1. The average molecular weight is 615 g/mol. The van der Waals surface area contributed by atoms with Crippen molar-refractivity contribution < 1.29 is 14.4 Å². The van der Waals surface area contributed by atoms with Gasteiger partial charge < -0.3 is 15.1 Å². The molecule has 1 aromatic heterocycles. The van der Waals surface area contributed by atoms with Gasteiger partial charge in [0.25, 0.3) is 5.91 Å². The third kappa shape index (κ3) is 8.87. The fourth-order valence-corrected chi connectivity index (χ4v) is 5.63. The summed E-state index contributed by atoms with van der Waals surface area (Å²) in [4.78, 5) is 48.8. The monoisotopic (exact) mass is 613 g/mol. The van der Waals surface area contributed by atoms with Crippen LogP contribution in [0.1, 0.15) is 35.5 Å². The minimum Gasteiger partial charge on any atom is -0.340 e. The number of hydrogen-bond donors (Lipinski definition) is 1. The molecule has 0 aliphatic carbocycles. The molecular weight excluding hydrogens is 581 g/mol. The van der Waals surface area contributed by atoms with Crippen LogP contribution >= 0.6 is 34.5 Å². The lowest BCUT2D eigenvalue weighted by Crippen LogP contribution is -2.49. The van der Waals surface area contributed by atoms with Gasteiger partial charge in [0.05, 0.1) is 22.7 Å². The third-order valence-corrected chi connectivity index (χ3v) is 8.04. The summed E-state index contributed by atoms with van der Waals surface area (Å²) in [6.07, 6.45) is 4.44. The summed E-state index contributed by atoms with van der Waals surface area (Å²) in [5.74, 6) is -0.736. The predicted octanol–water partition coefficient (Wildman–Crippen LogP) is 5.34. The summed E-state index contributed by atoms with van der Waals surface area (Å²) in [6.45, 7) is 7.29. The Hall–Kier alpha value is -3.24. The molecule has 0 atom stereocenters. The summed E-state index contributed by atoms with van der Waals surface area (Å²) < 4.78 is 0. The van der Waals surface area contributed by atoms with Crippen molar-refractivity contribution in [3.8, 4) is 0 Å². The van der Waals surface area contributed by atoms with Gasteiger partial charge in [-0.05, 0) is 37.6 Å². The fraction of sp³-hybridized carbons (Fsp3) is 0.333. The standard InChI is InChI=1S/C30H33Cl2N5O3S/c1-21(2)37(29(40)25-11-10-23(31)17-26(25)32)19-27(38)34-30-33-24(20-41-30)18-28(39)36-15-13-35(14-16-36)12-6-9-22-7-4-3-5-8-22/h3-11,17,20-21H,12-16,18-19H2,1-2H3,(H,33,34,38)/b9-6+. The largest absolute Gasteiger partial charge is 0.340 e. The summed E-state index contributed by atoms with van der Waals surface area (Å²) in [5, 5.41) is 5.56. The molecule has 1 aliphatic heterocycles. The Kier molecular flexibility index (Phi) is 10.9. The van der Waals surface area contributed by atoms with E-state index < -0.39 is 0 Å². The Labute approximate surface area is 254 Å². The van der Waals surface area contributed by atoms with E-state index in [-0.39, 0.29) is 47.3 Å². The number of thiazole rings is 1. The summed E-state index contributed by atoms with van der Waals surface area (Å²) in [5.41, 5.74) is 2.05. The van der Waals surface area contributed by atoms with Crippen LogP contribution < -0.4 is 5.32 Å². The number of carbonyl (C=O) groups is 3. The molecule has 3 aromatic rings. The maximum atomic E-state index is 13.1. The van der Waals surface area contributed by atoms with E-state index >= 15 is 0 Å². The minimum absolute atomic E-state index is 0.0177. The number of anilines is 1. The maximum absolute atomic E-state index is 13.1. The van der Waals surface area contributed by atoms with E-state index in [1.54, 1.807) is 17.5 Å². The smallest absolute Gasteiger partial charge is 0.256 e. The van der Waals surface area contributed by atoms with Gasteiger partial charge in [-0.3, -0.25) is 19.3 Å². The number of carbonyl (C=O) groups excluding carboxylic acids is 3. The van der Waals surface area contributed by atoms with Crippen LogP contribution in [-0.4, -0.2) is 82.7 Å². The topological polar surface area (TPSA) is 85.8 Å². The highest BCUT2D eigenvalue weighted by Gasteiger charge is 2.25. The maximum Gasteiger partial charge on any atom is 0.256 e. The number of aromatic nitrogens is 1. The van der Waals surface area contributed by atoms with Crippen molar-refractivity contribution in [2.24, 2.45) is 0 Å². The van der Waals surface area contributed by atoms with Gasteiger partial charge in [-0.25, -0.2) is 4.98 Å². The normalized spacial score (nSPS) is 14.0. The lowest BCUT2D eigenvalue weighted by Gasteiger charge is -2.34. The lowest BCUT2D eigenvalue weighted by atomic mass is 10.1. The van der Waals surface area contributed by atoms with E-state index in [4.69, 9.17) is 23.2 Å². The highest BCUT2D eigenvalue weighted by molar-refractivity contribution is 7.13. The Balaban J connectivity index is 1.24. The number of halogens is 2. The molecule has 41 heavy (non-hydrogen) atoms. The molecule has 0 saturated carbocycles. The highest BCUT2D eigenvalue weighted by Crippen LogP contribution is 2.23. The Morgan fingerprint density at radius 2 is 1.80 bits per heavy atom. The molecule has 1 aliphatic rings. The number of benzene rings is 2. The molecule has 216 valence electrons. The van der Waals surface area contributed by atoms with Crippen molar-refractivity contribution >= 4 is 63.5 Å². The Bertz CT molecular complexity index is 1390. The zero-order chi connectivity index (χ0) is 29.4. The fourth-order valence-electron chi connectivity index (χ4n) is 4.41. The first-order valence-corrected chi connectivity index (χ1v) is 15.0. The van der Waals surface area contributed by atoms with Gasteiger partial charge in [0, 0.05) is 49.2 Å². The van der Waals surface area contributed by atoms with Gasteiger partial charge in [-0.2, -0.15) is 0 Å². The molecule has 0 radical (unpaired) electrons. The van der Waals surface area contributed by atoms with E-state index in [0.29, 0.717) is 28.9 Å². The van der Waals surface area contributed by atoms with Gasteiger partial charge in [0.15, 0.2) is 5.13 Å². The molecule has 3 amide bonds. The van der Waals surface area contributed by atoms with Gasteiger partial charge >= 0.3 is 0 Å². The lowest BCUT2D eigenvalue weighted by molar-refractivity contribution is -0.132. The second kappa shape index (κ2) is 14.6. The Morgan fingerprint density at radius 3 is 2.49 bits per heavy atom. The van der Waals surface area contributed by atoms with Crippen LogP contribution in [0.2, 0.25) is 10.0 Å². The highest BCUT2D eigenvalue weighted by atomic mass is 35.5. The molecule has 1 saturated heterocycles. The molecule has 2 aromatic carbocycles. The van der Waals surface area contributed by atoms with Gasteiger partial charge in [-0.1, -0.05) is 65.7 Å². The van der Waals surface area contributed by atoms with Crippen LogP contribution in [0.3, 0.4) is 0 Å². The molecule has 1 N–H and O–H groups in total. The van der Waals surface area contributed by atoms with E-state index in [9.17, 15) is 14.4 Å². The summed E-state index contributed by atoms with van der Waals surface area (Å²) >= 11 is 13.4. The second-order valence-corrected chi connectivity index (χ2v) is 11.7. The van der Waals surface area contributed by atoms with Crippen molar-refractivity contribution in [2.45, 2.75) is 26.3 Å². The van der Waals surface area contributed by atoms with E-state index in [0.717, 1.165) is 19.6 Å². The number of piperazine rings is 1. The number of nitrogens with zero attached hydrogens (tertiary/aromatic N) is 4. The van der Waals surface area contributed by atoms with Crippen molar-refractivity contribution in [1.82, 2.24) is 19.7 Å². The number of rotatable bonds is 10. The van der Waals surface area contributed by atoms with Crippen LogP contribution in [0.25, 0.3) is 6.08 Å². The van der Waals surface area contributed by atoms with Crippen LogP contribution in [0.5, 0.6) is 0 Å². The molecule has 11 heteroatoms. The van der Waals surface area contributed by atoms with Crippen molar-refractivity contribution in [2.75, 3.05) is 44.6 Å². The number of hydrogen-bond acceptors (Lipinski definition) is 6. The second-order valence-electron chi connectivity index (χ2n) is 10.0. The van der Waals surface area contributed by atoms with Gasteiger partial charge in [0.1, 0.15) is 6.54 Å². The first kappa shape index (κ1) is 30.7. The predicted molar refractivity (Wildman–Crippen MR) is 166 cm³/mol. The Morgan fingerprint density at radius 1 is 1.07 bits per heavy atom.